The number of hydrogen-bond donors (Lipinski definition) is 1. The molecule has 0 aromatic heterocycles. The molecular weight excluding hydrogens is 328 g/mol. The third kappa shape index (κ3) is 3.87. The number of carbonyl (C=O) groups excluding carboxylic acids is 2. The van der Waals surface area contributed by atoms with Gasteiger partial charge in [0, 0.05) is 5.69 Å². The van der Waals surface area contributed by atoms with E-state index in [2.05, 4.69) is 19.2 Å². The number of fused-ring (bicyclic) bond motifs is 1. The van der Waals surface area contributed by atoms with E-state index in [1.807, 2.05) is 49.4 Å². The number of esters is 1. The van der Waals surface area contributed by atoms with Crippen molar-refractivity contribution >= 4 is 23.3 Å². The number of hydrogen-bond acceptors (Lipinski definition) is 4. The molecule has 1 amide bonds. The van der Waals surface area contributed by atoms with Crippen molar-refractivity contribution < 1.29 is 14.3 Å². The number of carbonyl (C=O) groups is 2. The van der Waals surface area contributed by atoms with E-state index < -0.39 is 0 Å². The molecule has 0 saturated heterocycles. The van der Waals surface area contributed by atoms with Crippen LogP contribution in [0.25, 0.3) is 0 Å². The van der Waals surface area contributed by atoms with Gasteiger partial charge < -0.3 is 15.0 Å². The second-order valence-electron chi connectivity index (χ2n) is 6.75. The zero-order valence-electron chi connectivity index (χ0n) is 15.4. The predicted octanol–water partition coefficient (Wildman–Crippen LogP) is 3.87. The highest BCUT2D eigenvalue weighted by Crippen LogP contribution is 2.33. The molecule has 3 rings (SSSR count). The Morgan fingerprint density at radius 2 is 2.04 bits per heavy atom. The summed E-state index contributed by atoms with van der Waals surface area (Å²) in [5.74, 6) is 0.368. The molecule has 1 heterocycles. The topological polar surface area (TPSA) is 58.6 Å². The van der Waals surface area contributed by atoms with E-state index in [1.165, 1.54) is 0 Å². The van der Waals surface area contributed by atoms with Gasteiger partial charge in [0.1, 0.15) is 6.54 Å². The molecule has 0 saturated carbocycles. The van der Waals surface area contributed by atoms with Gasteiger partial charge in [0.05, 0.1) is 12.2 Å². The lowest BCUT2D eigenvalue weighted by Gasteiger charge is -2.29. The number of ether oxygens (including phenoxy) is 1. The molecule has 1 unspecified atom stereocenters. The summed E-state index contributed by atoms with van der Waals surface area (Å²) in [4.78, 5) is 26.2. The highest BCUT2D eigenvalue weighted by Gasteiger charge is 2.26. The van der Waals surface area contributed by atoms with Crippen LogP contribution in [0.4, 0.5) is 11.4 Å². The molecule has 0 spiro atoms. The first-order valence-electron chi connectivity index (χ1n) is 8.93. The number of aryl methyl sites for hydroxylation is 1. The average molecular weight is 352 g/mol. The Hall–Kier alpha value is -2.82. The minimum atomic E-state index is -0.351. The van der Waals surface area contributed by atoms with Crippen molar-refractivity contribution in [3.8, 4) is 5.75 Å². The minimum absolute atomic E-state index is 0.0660. The SMILES string of the molecule is CCC(C)c1ccccc1NC(=O)CN1CC(=O)Oc2cc(C)ccc21. The van der Waals surface area contributed by atoms with Crippen molar-refractivity contribution in [2.75, 3.05) is 23.3 Å². The molecule has 1 atom stereocenters. The highest BCUT2D eigenvalue weighted by atomic mass is 16.5. The number of anilines is 2. The largest absolute Gasteiger partial charge is 0.423 e. The lowest BCUT2D eigenvalue weighted by molar-refractivity contribution is -0.133. The van der Waals surface area contributed by atoms with Crippen LogP contribution in [0.2, 0.25) is 0 Å². The Balaban J connectivity index is 1.77. The van der Waals surface area contributed by atoms with Crippen molar-refractivity contribution in [2.45, 2.75) is 33.1 Å². The summed E-state index contributed by atoms with van der Waals surface area (Å²) in [6, 6.07) is 13.5. The quantitative estimate of drug-likeness (QED) is 0.655. The van der Waals surface area contributed by atoms with Crippen molar-refractivity contribution in [1.29, 1.82) is 0 Å². The fraction of sp³-hybridized carbons (Fsp3) is 0.333. The number of rotatable bonds is 5. The zero-order chi connectivity index (χ0) is 18.7. The van der Waals surface area contributed by atoms with Gasteiger partial charge in [0.25, 0.3) is 0 Å². The summed E-state index contributed by atoms with van der Waals surface area (Å²) in [5, 5.41) is 3.00. The van der Waals surface area contributed by atoms with Gasteiger partial charge in [-0.25, -0.2) is 4.79 Å². The van der Waals surface area contributed by atoms with Crippen molar-refractivity contribution in [3.05, 3.63) is 53.6 Å². The normalized spacial score (nSPS) is 14.4. The highest BCUT2D eigenvalue weighted by molar-refractivity contribution is 5.97. The van der Waals surface area contributed by atoms with Crippen LogP contribution >= 0.6 is 0 Å². The number of nitrogens with one attached hydrogen (secondary N) is 1. The van der Waals surface area contributed by atoms with E-state index in [1.54, 1.807) is 4.90 Å². The zero-order valence-corrected chi connectivity index (χ0v) is 15.4. The minimum Gasteiger partial charge on any atom is -0.423 e. The molecule has 136 valence electrons. The first kappa shape index (κ1) is 18.0. The molecule has 1 aliphatic heterocycles. The van der Waals surface area contributed by atoms with Crippen LogP contribution in [0.5, 0.6) is 5.75 Å². The van der Waals surface area contributed by atoms with E-state index in [9.17, 15) is 9.59 Å². The Kier molecular flexibility index (Phi) is 5.26. The second kappa shape index (κ2) is 7.60. The van der Waals surface area contributed by atoms with Crippen LogP contribution in [0.15, 0.2) is 42.5 Å². The van der Waals surface area contributed by atoms with Crippen molar-refractivity contribution in [1.82, 2.24) is 0 Å². The standard InChI is InChI=1S/C21H24N2O3/c1-4-15(3)16-7-5-6-8-17(16)22-20(24)12-23-13-21(25)26-19-11-14(2)9-10-18(19)23/h5-11,15H,4,12-13H2,1-3H3,(H,22,24). The van der Waals surface area contributed by atoms with Crippen molar-refractivity contribution in [3.63, 3.8) is 0 Å². The van der Waals surface area contributed by atoms with Crippen LogP contribution < -0.4 is 15.0 Å². The molecule has 0 aliphatic carbocycles. The van der Waals surface area contributed by atoms with Gasteiger partial charge in [0.15, 0.2) is 5.75 Å². The average Bonchev–Trinajstić information content (AvgIpc) is 2.60. The van der Waals surface area contributed by atoms with E-state index in [-0.39, 0.29) is 25.0 Å². The molecule has 0 fully saturated rings. The molecule has 0 radical (unpaired) electrons. The predicted molar refractivity (Wildman–Crippen MR) is 103 cm³/mol. The molecule has 26 heavy (non-hydrogen) atoms. The van der Waals surface area contributed by atoms with Crippen LogP contribution in [-0.4, -0.2) is 25.0 Å². The molecule has 1 aliphatic rings. The van der Waals surface area contributed by atoms with Crippen LogP contribution in [0.1, 0.15) is 37.3 Å². The third-order valence-corrected chi connectivity index (χ3v) is 4.71. The lowest BCUT2D eigenvalue weighted by Crippen LogP contribution is -2.41. The van der Waals surface area contributed by atoms with Gasteiger partial charge in [0.2, 0.25) is 5.91 Å². The van der Waals surface area contributed by atoms with Crippen LogP contribution in [0, 0.1) is 6.92 Å². The fourth-order valence-corrected chi connectivity index (χ4v) is 3.12. The van der Waals surface area contributed by atoms with Crippen LogP contribution in [0.3, 0.4) is 0 Å². The van der Waals surface area contributed by atoms with Crippen LogP contribution in [-0.2, 0) is 9.59 Å². The summed E-state index contributed by atoms with van der Waals surface area (Å²) in [6.45, 7) is 6.37. The van der Waals surface area contributed by atoms with Gasteiger partial charge in [-0.2, -0.15) is 0 Å². The first-order valence-corrected chi connectivity index (χ1v) is 8.93. The maximum Gasteiger partial charge on any atom is 0.331 e. The number of amides is 1. The Morgan fingerprint density at radius 3 is 2.81 bits per heavy atom. The fourth-order valence-electron chi connectivity index (χ4n) is 3.12. The van der Waals surface area contributed by atoms with Gasteiger partial charge in [-0.05, 0) is 48.6 Å². The molecule has 5 heteroatoms. The van der Waals surface area contributed by atoms with E-state index in [0.717, 1.165) is 28.9 Å². The number of nitrogens with zero attached hydrogens (tertiary/aromatic N) is 1. The summed E-state index contributed by atoms with van der Waals surface area (Å²) < 4.78 is 5.30. The lowest BCUT2D eigenvalue weighted by atomic mass is 9.97. The maximum absolute atomic E-state index is 12.6. The molecule has 0 bridgehead atoms. The summed E-state index contributed by atoms with van der Waals surface area (Å²) in [6.07, 6.45) is 0.998. The Morgan fingerprint density at radius 1 is 1.27 bits per heavy atom. The number of benzene rings is 2. The molecule has 2 aromatic carbocycles. The van der Waals surface area contributed by atoms with Gasteiger partial charge in [-0.15, -0.1) is 0 Å². The van der Waals surface area contributed by atoms with Gasteiger partial charge in [-0.3, -0.25) is 4.79 Å². The summed E-state index contributed by atoms with van der Waals surface area (Å²) in [5.41, 5.74) is 3.72. The summed E-state index contributed by atoms with van der Waals surface area (Å²) >= 11 is 0. The van der Waals surface area contributed by atoms with Gasteiger partial charge in [-0.1, -0.05) is 38.1 Å². The van der Waals surface area contributed by atoms with E-state index in [0.29, 0.717) is 11.7 Å². The van der Waals surface area contributed by atoms with Gasteiger partial charge >= 0.3 is 5.97 Å². The first-order chi connectivity index (χ1) is 12.5. The smallest absolute Gasteiger partial charge is 0.331 e. The monoisotopic (exact) mass is 352 g/mol. The third-order valence-electron chi connectivity index (χ3n) is 4.71. The molecule has 1 N–H and O–H groups in total. The number of para-hydroxylation sites is 1. The second-order valence-corrected chi connectivity index (χ2v) is 6.75. The van der Waals surface area contributed by atoms with E-state index >= 15 is 0 Å². The molecular formula is C21H24N2O3. The maximum atomic E-state index is 12.6. The molecule has 2 aromatic rings. The Labute approximate surface area is 154 Å². The summed E-state index contributed by atoms with van der Waals surface area (Å²) in [7, 11) is 0. The van der Waals surface area contributed by atoms with E-state index in [4.69, 9.17) is 4.74 Å². The van der Waals surface area contributed by atoms with Crippen molar-refractivity contribution in [2.24, 2.45) is 0 Å². The molecule has 5 nitrogen and oxygen atoms in total. The Bertz CT molecular complexity index is 832.